The summed E-state index contributed by atoms with van der Waals surface area (Å²) in [6.07, 6.45) is 1.53. The maximum Gasteiger partial charge on any atom is 0.261 e. The number of amides is 1. The fraction of sp³-hybridized carbons (Fsp3) is 0.250. The van der Waals surface area contributed by atoms with Crippen molar-refractivity contribution in [1.29, 1.82) is 0 Å². The lowest BCUT2D eigenvalue weighted by Gasteiger charge is -2.26. The van der Waals surface area contributed by atoms with Crippen molar-refractivity contribution in [2.24, 2.45) is 5.14 Å². The third-order valence-corrected chi connectivity index (χ3v) is 6.40. The summed E-state index contributed by atoms with van der Waals surface area (Å²) in [5, 5.41) is 5.66. The average Bonchev–Trinajstić information content (AvgIpc) is 2.72. The topological polar surface area (TPSA) is 115 Å². The lowest BCUT2D eigenvalue weighted by molar-refractivity contribution is -0.132. The highest BCUT2D eigenvalue weighted by molar-refractivity contribution is 9.10. The summed E-state index contributed by atoms with van der Waals surface area (Å²) in [6, 6.07) is 11.1. The quantitative estimate of drug-likeness (QED) is 0.567. The number of aryl methyl sites for hydroxylation is 1. The van der Waals surface area contributed by atoms with Crippen LogP contribution in [0.15, 0.2) is 63.0 Å². The van der Waals surface area contributed by atoms with Crippen LogP contribution in [-0.4, -0.2) is 35.8 Å². The Bertz CT molecular complexity index is 1270. The van der Waals surface area contributed by atoms with Gasteiger partial charge in [0.2, 0.25) is 15.9 Å². The molecule has 10 heteroatoms. The fourth-order valence-corrected chi connectivity index (χ4v) is 4.00. The zero-order valence-corrected chi connectivity index (χ0v) is 18.9. The van der Waals surface area contributed by atoms with Gasteiger partial charge in [-0.3, -0.25) is 14.2 Å². The molecule has 0 spiro atoms. The van der Waals surface area contributed by atoms with E-state index in [1.165, 1.54) is 27.9 Å². The first-order valence-electron chi connectivity index (χ1n) is 9.11. The molecule has 0 saturated heterocycles. The largest absolute Gasteiger partial charge is 0.339 e. The molecule has 0 aliphatic carbocycles. The van der Waals surface area contributed by atoms with E-state index >= 15 is 0 Å². The third kappa shape index (κ3) is 4.77. The summed E-state index contributed by atoms with van der Waals surface area (Å²) in [6.45, 7) is 1.98. The molecular formula is C20H21BrN4O4S. The molecule has 1 amide bonds. The van der Waals surface area contributed by atoms with E-state index in [0.717, 1.165) is 4.47 Å². The first-order chi connectivity index (χ1) is 14.1. The van der Waals surface area contributed by atoms with Gasteiger partial charge in [0, 0.05) is 24.5 Å². The second kappa shape index (κ2) is 8.66. The van der Waals surface area contributed by atoms with Gasteiger partial charge < -0.3 is 4.90 Å². The van der Waals surface area contributed by atoms with E-state index in [1.807, 2.05) is 6.07 Å². The lowest BCUT2D eigenvalue weighted by atomic mass is 10.1. The molecule has 8 nitrogen and oxygen atoms in total. The minimum absolute atomic E-state index is 0.00681. The van der Waals surface area contributed by atoms with E-state index in [0.29, 0.717) is 16.5 Å². The molecule has 0 radical (unpaired) electrons. The number of nitrogens with two attached hydrogens (primary N) is 1. The normalized spacial score (nSPS) is 12.7. The van der Waals surface area contributed by atoms with E-state index in [9.17, 15) is 18.0 Å². The first kappa shape index (κ1) is 22.1. The summed E-state index contributed by atoms with van der Waals surface area (Å²) in [5.41, 5.74) is 1.02. The minimum atomic E-state index is -3.83. The number of fused-ring (bicyclic) bond motifs is 1. The number of carbonyl (C=O) groups excluding carboxylic acids is 1. The van der Waals surface area contributed by atoms with Crippen molar-refractivity contribution in [2.45, 2.75) is 30.8 Å². The number of halogens is 1. The zero-order valence-electron chi connectivity index (χ0n) is 16.4. The highest BCUT2D eigenvalue weighted by Gasteiger charge is 2.19. The molecule has 158 valence electrons. The van der Waals surface area contributed by atoms with Crippen molar-refractivity contribution in [3.63, 3.8) is 0 Å². The third-order valence-electron chi connectivity index (χ3n) is 5.00. The zero-order chi connectivity index (χ0) is 22.1. The monoisotopic (exact) mass is 492 g/mol. The Balaban J connectivity index is 1.74. The summed E-state index contributed by atoms with van der Waals surface area (Å²) in [7, 11) is -2.19. The molecule has 3 rings (SSSR count). The van der Waals surface area contributed by atoms with Crippen molar-refractivity contribution < 1.29 is 13.2 Å². The maximum atomic E-state index is 12.7. The molecule has 1 atom stereocenters. The molecule has 1 heterocycles. The standard InChI is InChI=1S/C20H21BrN4O4S/c1-13(14-4-3-5-16(10-14)30(22,28)29)24(2)19(26)8-9-25-12-23-18-7-6-15(21)11-17(18)20(25)27/h3-7,10-13H,8-9H2,1-2H3,(H2,22,28,29). The number of carbonyl (C=O) groups is 1. The van der Waals surface area contributed by atoms with E-state index in [-0.39, 0.29) is 35.4 Å². The van der Waals surface area contributed by atoms with Crippen molar-refractivity contribution in [3.05, 3.63) is 69.2 Å². The van der Waals surface area contributed by atoms with Crippen LogP contribution >= 0.6 is 15.9 Å². The molecule has 0 aliphatic heterocycles. The summed E-state index contributed by atoms with van der Waals surface area (Å²) in [5.74, 6) is -0.190. The van der Waals surface area contributed by atoms with Crippen LogP contribution in [0.2, 0.25) is 0 Å². The molecule has 30 heavy (non-hydrogen) atoms. The van der Waals surface area contributed by atoms with Crippen LogP contribution < -0.4 is 10.7 Å². The number of hydrogen-bond acceptors (Lipinski definition) is 5. The van der Waals surface area contributed by atoms with Gasteiger partial charge in [0.05, 0.1) is 28.2 Å². The van der Waals surface area contributed by atoms with Crippen LogP contribution in [0.1, 0.15) is 24.9 Å². The predicted octanol–water partition coefficient (Wildman–Crippen LogP) is 2.42. The maximum absolute atomic E-state index is 12.7. The van der Waals surface area contributed by atoms with Crippen LogP contribution in [0.4, 0.5) is 0 Å². The molecule has 0 fully saturated rings. The van der Waals surface area contributed by atoms with Gasteiger partial charge in [-0.15, -0.1) is 0 Å². The number of aromatic nitrogens is 2. The summed E-state index contributed by atoms with van der Waals surface area (Å²) in [4.78, 5) is 31.1. The number of nitrogens with zero attached hydrogens (tertiary/aromatic N) is 3. The average molecular weight is 493 g/mol. The van der Waals surface area contributed by atoms with Crippen molar-refractivity contribution >= 4 is 42.8 Å². The molecule has 3 aromatic rings. The molecule has 0 aliphatic rings. The smallest absolute Gasteiger partial charge is 0.261 e. The number of rotatable bonds is 6. The van der Waals surface area contributed by atoms with Gasteiger partial charge in [-0.2, -0.15) is 0 Å². The van der Waals surface area contributed by atoms with E-state index in [1.54, 1.807) is 38.2 Å². The Morgan fingerprint density at radius 3 is 2.70 bits per heavy atom. The predicted molar refractivity (Wildman–Crippen MR) is 117 cm³/mol. The van der Waals surface area contributed by atoms with Crippen LogP contribution in [-0.2, 0) is 21.4 Å². The Morgan fingerprint density at radius 1 is 1.27 bits per heavy atom. The van der Waals surface area contributed by atoms with Gasteiger partial charge in [0.15, 0.2) is 0 Å². The molecule has 1 unspecified atom stereocenters. The van der Waals surface area contributed by atoms with Crippen molar-refractivity contribution in [2.75, 3.05) is 7.05 Å². The number of sulfonamides is 1. The van der Waals surface area contributed by atoms with Gasteiger partial charge >= 0.3 is 0 Å². The lowest BCUT2D eigenvalue weighted by Crippen LogP contribution is -2.31. The SMILES string of the molecule is CC(c1cccc(S(N)(=O)=O)c1)N(C)C(=O)CCn1cnc2ccc(Br)cc2c1=O. The van der Waals surface area contributed by atoms with Crippen molar-refractivity contribution in [3.8, 4) is 0 Å². The number of hydrogen-bond donors (Lipinski definition) is 1. The number of primary sulfonamides is 1. The van der Waals surface area contributed by atoms with Crippen LogP contribution in [0.25, 0.3) is 10.9 Å². The van der Waals surface area contributed by atoms with Crippen LogP contribution in [0, 0.1) is 0 Å². The molecule has 0 saturated carbocycles. The molecule has 2 aromatic carbocycles. The van der Waals surface area contributed by atoms with E-state index in [4.69, 9.17) is 5.14 Å². The minimum Gasteiger partial charge on any atom is -0.339 e. The highest BCUT2D eigenvalue weighted by atomic mass is 79.9. The molecule has 0 bridgehead atoms. The van der Waals surface area contributed by atoms with E-state index in [2.05, 4.69) is 20.9 Å². The summed E-state index contributed by atoms with van der Waals surface area (Å²) < 4.78 is 25.3. The second-order valence-electron chi connectivity index (χ2n) is 6.95. The van der Waals surface area contributed by atoms with Gasteiger partial charge in [-0.05, 0) is 42.8 Å². The molecule has 1 aromatic heterocycles. The van der Waals surface area contributed by atoms with Gasteiger partial charge in [0.1, 0.15) is 0 Å². The summed E-state index contributed by atoms with van der Waals surface area (Å²) >= 11 is 3.35. The van der Waals surface area contributed by atoms with Gasteiger partial charge in [-0.1, -0.05) is 28.1 Å². The second-order valence-corrected chi connectivity index (χ2v) is 9.43. The van der Waals surface area contributed by atoms with Gasteiger partial charge in [-0.25, -0.2) is 18.5 Å². The Kier molecular flexibility index (Phi) is 6.39. The first-order valence-corrected chi connectivity index (χ1v) is 11.4. The Hall–Kier alpha value is -2.56. The molecular weight excluding hydrogens is 472 g/mol. The highest BCUT2D eigenvalue weighted by Crippen LogP contribution is 2.22. The van der Waals surface area contributed by atoms with Crippen LogP contribution in [0.3, 0.4) is 0 Å². The molecule has 2 N–H and O–H groups in total. The fourth-order valence-electron chi connectivity index (χ4n) is 3.07. The van der Waals surface area contributed by atoms with Crippen molar-refractivity contribution in [1.82, 2.24) is 14.5 Å². The van der Waals surface area contributed by atoms with Gasteiger partial charge in [0.25, 0.3) is 5.56 Å². The number of benzene rings is 2. The van der Waals surface area contributed by atoms with Crippen LogP contribution in [0.5, 0.6) is 0 Å². The van der Waals surface area contributed by atoms with E-state index < -0.39 is 10.0 Å². The Morgan fingerprint density at radius 2 is 2.00 bits per heavy atom. The Labute approximate surface area is 182 Å².